The summed E-state index contributed by atoms with van der Waals surface area (Å²) in [4.78, 5) is 38.6. The van der Waals surface area contributed by atoms with Gasteiger partial charge in [0.15, 0.2) is 11.8 Å². The van der Waals surface area contributed by atoms with Crippen molar-refractivity contribution in [1.82, 2.24) is 5.32 Å². The SMILES string of the molecule is NC(=O)COc1cccc(/C=C2/SC(=Nc3cccc(C(=O)[O-])c3)NC2=O)c1. The van der Waals surface area contributed by atoms with Gasteiger partial charge in [0, 0.05) is 0 Å². The maximum absolute atomic E-state index is 12.2. The highest BCUT2D eigenvalue weighted by atomic mass is 32.2. The van der Waals surface area contributed by atoms with E-state index in [0.717, 1.165) is 11.8 Å². The molecule has 1 aliphatic heterocycles. The number of nitrogens with one attached hydrogen (secondary N) is 1. The van der Waals surface area contributed by atoms with Gasteiger partial charge in [-0.25, -0.2) is 4.99 Å². The van der Waals surface area contributed by atoms with Gasteiger partial charge in [-0.05, 0) is 53.2 Å². The number of hydrogen-bond acceptors (Lipinski definition) is 7. The average Bonchev–Trinajstić information content (AvgIpc) is 2.99. The van der Waals surface area contributed by atoms with Gasteiger partial charge in [-0.2, -0.15) is 0 Å². The molecule has 2 amide bonds. The fourth-order valence-corrected chi connectivity index (χ4v) is 3.14. The van der Waals surface area contributed by atoms with Crippen molar-refractivity contribution < 1.29 is 24.2 Å². The van der Waals surface area contributed by atoms with Crippen molar-refractivity contribution in [2.24, 2.45) is 10.7 Å². The van der Waals surface area contributed by atoms with E-state index >= 15 is 0 Å². The lowest BCUT2D eigenvalue weighted by molar-refractivity contribution is -0.255. The van der Waals surface area contributed by atoms with E-state index in [0.29, 0.717) is 27.1 Å². The molecule has 3 rings (SSSR count). The molecule has 2 aromatic carbocycles. The Bertz CT molecular complexity index is 1020. The Morgan fingerprint density at radius 2 is 2.00 bits per heavy atom. The highest BCUT2D eigenvalue weighted by Crippen LogP contribution is 2.29. The lowest BCUT2D eigenvalue weighted by Gasteiger charge is -2.04. The van der Waals surface area contributed by atoms with Crippen LogP contribution in [-0.2, 0) is 9.59 Å². The molecule has 0 radical (unpaired) electrons. The van der Waals surface area contributed by atoms with Crippen LogP contribution in [0.2, 0.25) is 0 Å². The van der Waals surface area contributed by atoms with Gasteiger partial charge in [-0.1, -0.05) is 24.3 Å². The maximum atomic E-state index is 12.2. The third kappa shape index (κ3) is 4.98. The van der Waals surface area contributed by atoms with Crippen molar-refractivity contribution >= 4 is 46.5 Å². The summed E-state index contributed by atoms with van der Waals surface area (Å²) in [6, 6.07) is 12.8. The van der Waals surface area contributed by atoms with Crippen LogP contribution >= 0.6 is 11.8 Å². The number of carboxylic acids is 1. The second-order valence-electron chi connectivity index (χ2n) is 5.65. The fourth-order valence-electron chi connectivity index (χ4n) is 2.30. The highest BCUT2D eigenvalue weighted by molar-refractivity contribution is 8.18. The van der Waals surface area contributed by atoms with Crippen LogP contribution in [0.1, 0.15) is 15.9 Å². The van der Waals surface area contributed by atoms with E-state index in [9.17, 15) is 19.5 Å². The number of nitrogens with zero attached hydrogens (tertiary/aromatic N) is 1. The number of aromatic carboxylic acids is 1. The molecular weight excluding hydrogens is 382 g/mol. The van der Waals surface area contributed by atoms with Crippen LogP contribution in [0.5, 0.6) is 5.75 Å². The predicted molar refractivity (Wildman–Crippen MR) is 103 cm³/mol. The lowest BCUT2D eigenvalue weighted by atomic mass is 10.2. The summed E-state index contributed by atoms with van der Waals surface area (Å²) in [6.07, 6.45) is 1.65. The van der Waals surface area contributed by atoms with E-state index in [1.807, 2.05) is 0 Å². The number of thioether (sulfide) groups is 1. The second-order valence-corrected chi connectivity index (χ2v) is 6.68. The van der Waals surface area contributed by atoms with Crippen molar-refractivity contribution in [3.8, 4) is 5.75 Å². The molecule has 9 heteroatoms. The second kappa shape index (κ2) is 8.40. The summed E-state index contributed by atoms with van der Waals surface area (Å²) in [5.41, 5.74) is 6.13. The molecule has 1 fully saturated rings. The number of aliphatic imine (C=N–C) groups is 1. The van der Waals surface area contributed by atoms with Gasteiger partial charge in [-0.15, -0.1) is 0 Å². The number of rotatable bonds is 6. The summed E-state index contributed by atoms with van der Waals surface area (Å²) in [5, 5.41) is 13.9. The summed E-state index contributed by atoms with van der Waals surface area (Å²) < 4.78 is 5.24. The quantitative estimate of drug-likeness (QED) is 0.694. The predicted octanol–water partition coefficient (Wildman–Crippen LogP) is 0.806. The number of carbonyl (C=O) groups excluding carboxylic acids is 3. The molecule has 28 heavy (non-hydrogen) atoms. The van der Waals surface area contributed by atoms with Crippen LogP contribution in [-0.4, -0.2) is 29.6 Å². The number of amides is 2. The molecule has 8 nitrogen and oxygen atoms in total. The third-order valence-electron chi connectivity index (χ3n) is 3.50. The van der Waals surface area contributed by atoms with Crippen molar-refractivity contribution in [1.29, 1.82) is 0 Å². The molecule has 0 aromatic heterocycles. The van der Waals surface area contributed by atoms with Gasteiger partial charge in [0.1, 0.15) is 5.75 Å². The summed E-state index contributed by atoms with van der Waals surface area (Å²) in [5.74, 6) is -1.77. The highest BCUT2D eigenvalue weighted by Gasteiger charge is 2.23. The molecule has 0 spiro atoms. The van der Waals surface area contributed by atoms with Crippen LogP contribution in [0.15, 0.2) is 58.4 Å². The number of hydrogen-bond donors (Lipinski definition) is 2. The first kappa shape index (κ1) is 19.2. The number of carboxylic acid groups (broad SMARTS) is 1. The average molecular weight is 396 g/mol. The van der Waals surface area contributed by atoms with Gasteiger partial charge in [0.05, 0.1) is 16.6 Å². The molecule has 142 valence electrons. The van der Waals surface area contributed by atoms with Gasteiger partial charge in [-0.3, -0.25) is 9.59 Å². The smallest absolute Gasteiger partial charge is 0.264 e. The molecule has 0 saturated carbocycles. The van der Waals surface area contributed by atoms with Crippen LogP contribution in [0.25, 0.3) is 6.08 Å². The number of primary amides is 1. The van der Waals surface area contributed by atoms with E-state index in [2.05, 4.69) is 10.3 Å². The minimum Gasteiger partial charge on any atom is -0.545 e. The zero-order valence-corrected chi connectivity index (χ0v) is 15.2. The summed E-state index contributed by atoms with van der Waals surface area (Å²) in [7, 11) is 0. The van der Waals surface area contributed by atoms with Crippen LogP contribution < -0.4 is 20.9 Å². The Morgan fingerprint density at radius 3 is 2.75 bits per heavy atom. The first-order valence-corrected chi connectivity index (χ1v) is 8.84. The van der Waals surface area contributed by atoms with Crippen molar-refractivity contribution in [2.75, 3.05) is 6.61 Å². The van der Waals surface area contributed by atoms with Crippen molar-refractivity contribution in [3.63, 3.8) is 0 Å². The zero-order chi connectivity index (χ0) is 20.1. The third-order valence-corrected chi connectivity index (χ3v) is 4.41. The van der Waals surface area contributed by atoms with Gasteiger partial charge in [0.25, 0.3) is 11.8 Å². The number of amidine groups is 1. The van der Waals surface area contributed by atoms with E-state index in [1.54, 1.807) is 42.5 Å². The Kier molecular flexibility index (Phi) is 5.75. The lowest BCUT2D eigenvalue weighted by Crippen LogP contribution is -2.22. The Hall–Kier alpha value is -3.59. The van der Waals surface area contributed by atoms with Gasteiger partial charge >= 0.3 is 0 Å². The van der Waals surface area contributed by atoms with Crippen LogP contribution in [0.4, 0.5) is 5.69 Å². The number of benzene rings is 2. The Balaban J connectivity index is 1.77. The van der Waals surface area contributed by atoms with E-state index in [-0.39, 0.29) is 18.1 Å². The maximum Gasteiger partial charge on any atom is 0.264 e. The Labute approximate surface area is 164 Å². The van der Waals surface area contributed by atoms with Crippen LogP contribution in [0, 0.1) is 0 Å². The molecule has 1 aliphatic rings. The topological polar surface area (TPSA) is 134 Å². The molecule has 1 heterocycles. The fraction of sp³-hybridized carbons (Fsp3) is 0.0526. The van der Waals surface area contributed by atoms with E-state index in [1.165, 1.54) is 12.1 Å². The van der Waals surface area contributed by atoms with E-state index in [4.69, 9.17) is 10.5 Å². The molecule has 0 aliphatic carbocycles. The van der Waals surface area contributed by atoms with Crippen LogP contribution in [0.3, 0.4) is 0 Å². The zero-order valence-electron chi connectivity index (χ0n) is 14.4. The first-order chi connectivity index (χ1) is 13.4. The van der Waals surface area contributed by atoms with Gasteiger partial charge < -0.3 is 25.7 Å². The molecule has 1 saturated heterocycles. The molecule has 3 N–H and O–H groups in total. The molecule has 2 aromatic rings. The molecular formula is C19H14N3O5S-. The largest absolute Gasteiger partial charge is 0.545 e. The number of carbonyl (C=O) groups is 3. The molecule has 0 bridgehead atoms. The molecule has 0 atom stereocenters. The van der Waals surface area contributed by atoms with E-state index < -0.39 is 11.9 Å². The monoisotopic (exact) mass is 396 g/mol. The minimum absolute atomic E-state index is 0.000264. The summed E-state index contributed by atoms with van der Waals surface area (Å²) >= 11 is 1.12. The number of nitrogens with two attached hydrogens (primary N) is 1. The van der Waals surface area contributed by atoms with Gasteiger partial charge in [0.2, 0.25) is 0 Å². The van der Waals surface area contributed by atoms with Crippen molar-refractivity contribution in [3.05, 3.63) is 64.6 Å². The normalized spacial score (nSPS) is 16.2. The first-order valence-electron chi connectivity index (χ1n) is 8.03. The minimum atomic E-state index is -1.30. The number of ether oxygens (including phenoxy) is 1. The summed E-state index contributed by atoms with van der Waals surface area (Å²) in [6.45, 7) is -0.239. The standard InChI is InChI=1S/C19H15N3O5S/c20-16(23)10-27-14-6-1-3-11(7-14)8-15-17(24)22-19(28-15)21-13-5-2-4-12(9-13)18(25)26/h1-9H,10H2,(H2,20,23)(H,25,26)(H,21,22,24)/p-1/b15-8+. The Morgan fingerprint density at radius 1 is 1.21 bits per heavy atom. The van der Waals surface area contributed by atoms with Crippen molar-refractivity contribution in [2.45, 2.75) is 0 Å². The molecule has 0 unspecified atom stereocenters.